The molecule has 8 nitrogen and oxygen atoms in total. The monoisotopic (exact) mass is 411 g/mol. The van der Waals surface area contributed by atoms with E-state index >= 15 is 0 Å². The number of amides is 1. The summed E-state index contributed by atoms with van der Waals surface area (Å²) in [5.41, 5.74) is 6.81. The summed E-state index contributed by atoms with van der Waals surface area (Å²) in [5, 5.41) is 1.85. The van der Waals surface area contributed by atoms with Crippen molar-refractivity contribution in [3.8, 4) is 0 Å². The van der Waals surface area contributed by atoms with E-state index in [2.05, 4.69) is 15.0 Å². The van der Waals surface area contributed by atoms with Gasteiger partial charge in [-0.1, -0.05) is 12.1 Å². The number of halogens is 3. The van der Waals surface area contributed by atoms with Crippen LogP contribution in [0.25, 0.3) is 0 Å². The van der Waals surface area contributed by atoms with Gasteiger partial charge in [0.1, 0.15) is 6.54 Å². The maximum absolute atomic E-state index is 12.2. The Kier molecular flexibility index (Phi) is 6.96. The van der Waals surface area contributed by atoms with Gasteiger partial charge in [0.05, 0.1) is 6.04 Å². The molecule has 0 bridgehead atoms. The van der Waals surface area contributed by atoms with Gasteiger partial charge in [-0.2, -0.15) is 28.1 Å². The molecule has 1 amide bonds. The maximum Gasteiger partial charge on any atom is 0.405 e. The predicted molar refractivity (Wildman–Crippen MR) is 103 cm³/mol. The second-order valence-electron chi connectivity index (χ2n) is 6.83. The largest absolute Gasteiger partial charge is 0.405 e. The van der Waals surface area contributed by atoms with E-state index in [4.69, 9.17) is 5.73 Å². The molecular formula is C18H24F3N7O. The van der Waals surface area contributed by atoms with Crippen molar-refractivity contribution in [2.75, 3.05) is 38.3 Å². The summed E-state index contributed by atoms with van der Waals surface area (Å²) in [4.78, 5) is 28.2. The van der Waals surface area contributed by atoms with E-state index < -0.39 is 18.6 Å². The minimum Gasteiger partial charge on any atom is -0.368 e. The molecule has 1 atom stereocenters. The highest BCUT2D eigenvalue weighted by Crippen LogP contribution is 2.20. The molecule has 158 valence electrons. The summed E-state index contributed by atoms with van der Waals surface area (Å²) in [6.07, 6.45) is -4.45. The molecule has 1 aromatic heterocycles. The van der Waals surface area contributed by atoms with Crippen molar-refractivity contribution in [3.63, 3.8) is 0 Å². The van der Waals surface area contributed by atoms with Crippen LogP contribution in [0.5, 0.6) is 0 Å². The van der Waals surface area contributed by atoms with Crippen LogP contribution < -0.4 is 16.0 Å². The first-order chi connectivity index (χ1) is 13.5. The Morgan fingerprint density at radius 2 is 1.76 bits per heavy atom. The molecule has 2 aromatic rings. The highest BCUT2D eigenvalue weighted by molar-refractivity contribution is 5.94. The number of nitrogens with one attached hydrogen (secondary N) is 1. The summed E-state index contributed by atoms with van der Waals surface area (Å²) in [5.74, 6) is 0.342. The molecule has 0 radical (unpaired) electrons. The molecule has 0 spiro atoms. The summed E-state index contributed by atoms with van der Waals surface area (Å²) in [6.45, 7) is 1.07. The molecule has 0 saturated carbocycles. The number of aromatic nitrogens is 3. The Morgan fingerprint density at radius 3 is 2.31 bits per heavy atom. The molecule has 2 rings (SSSR count). The zero-order valence-corrected chi connectivity index (χ0v) is 16.7. The van der Waals surface area contributed by atoms with Crippen LogP contribution in [0, 0.1) is 0 Å². The second-order valence-corrected chi connectivity index (χ2v) is 6.83. The molecule has 0 aliphatic carbocycles. The van der Waals surface area contributed by atoms with Gasteiger partial charge in [-0.05, 0) is 31.7 Å². The number of carbonyl (C=O) groups excluding carboxylic acids is 1. The quantitative estimate of drug-likeness (QED) is 0.719. The van der Waals surface area contributed by atoms with Crippen LogP contribution in [-0.2, 0) is 6.54 Å². The zero-order chi connectivity index (χ0) is 21.8. The van der Waals surface area contributed by atoms with Gasteiger partial charge >= 0.3 is 6.18 Å². The van der Waals surface area contributed by atoms with Crippen molar-refractivity contribution >= 4 is 17.8 Å². The lowest BCUT2D eigenvalue weighted by molar-refractivity contribution is -0.123. The third-order valence-electron chi connectivity index (χ3n) is 4.19. The summed E-state index contributed by atoms with van der Waals surface area (Å²) >= 11 is 0. The topological polar surface area (TPSA) is 100 Å². The van der Waals surface area contributed by atoms with Crippen LogP contribution in [0.3, 0.4) is 0 Å². The third-order valence-corrected chi connectivity index (χ3v) is 4.19. The minimum atomic E-state index is -4.45. The molecule has 29 heavy (non-hydrogen) atoms. The number of carbonyl (C=O) groups is 1. The van der Waals surface area contributed by atoms with E-state index in [0.29, 0.717) is 18.3 Å². The first kappa shape index (κ1) is 22.3. The number of anilines is 2. The summed E-state index contributed by atoms with van der Waals surface area (Å²) in [7, 11) is 5.49. The van der Waals surface area contributed by atoms with Crippen LogP contribution in [0.15, 0.2) is 24.3 Å². The van der Waals surface area contributed by atoms with Crippen LogP contribution in [-0.4, -0.2) is 59.6 Å². The smallest absolute Gasteiger partial charge is 0.368 e. The molecule has 11 heteroatoms. The lowest BCUT2D eigenvalue weighted by Crippen LogP contribution is -2.33. The van der Waals surface area contributed by atoms with Crippen LogP contribution in [0.2, 0.25) is 0 Å². The molecule has 0 fully saturated rings. The van der Waals surface area contributed by atoms with Gasteiger partial charge in [0.15, 0.2) is 5.82 Å². The number of nitrogen functional groups attached to an aromatic ring is 1. The van der Waals surface area contributed by atoms with Crippen LogP contribution >= 0.6 is 0 Å². The van der Waals surface area contributed by atoms with Gasteiger partial charge in [-0.25, -0.2) is 0 Å². The molecule has 1 aromatic carbocycles. The highest BCUT2D eigenvalue weighted by Gasteiger charge is 2.27. The van der Waals surface area contributed by atoms with Crippen molar-refractivity contribution < 1.29 is 18.0 Å². The van der Waals surface area contributed by atoms with Crippen molar-refractivity contribution in [1.29, 1.82) is 0 Å². The number of alkyl halides is 3. The fraction of sp³-hybridized carbons (Fsp3) is 0.444. The van der Waals surface area contributed by atoms with Crippen molar-refractivity contribution in [2.45, 2.75) is 25.7 Å². The number of rotatable bonds is 7. The van der Waals surface area contributed by atoms with Gasteiger partial charge in [0.2, 0.25) is 11.9 Å². The van der Waals surface area contributed by atoms with Crippen molar-refractivity contribution in [2.24, 2.45) is 0 Å². The van der Waals surface area contributed by atoms with Gasteiger partial charge < -0.3 is 16.0 Å². The minimum absolute atomic E-state index is 0.133. The van der Waals surface area contributed by atoms with E-state index in [-0.39, 0.29) is 17.6 Å². The second kappa shape index (κ2) is 9.03. The van der Waals surface area contributed by atoms with Crippen LogP contribution in [0.4, 0.5) is 25.1 Å². The van der Waals surface area contributed by atoms with E-state index in [1.54, 1.807) is 31.1 Å². The first-order valence-electron chi connectivity index (χ1n) is 8.79. The fourth-order valence-corrected chi connectivity index (χ4v) is 2.45. The van der Waals surface area contributed by atoms with Crippen molar-refractivity contribution in [1.82, 2.24) is 25.2 Å². The van der Waals surface area contributed by atoms with E-state index in [9.17, 15) is 18.0 Å². The standard InChI is InChI=1S/C18H24F3N7O/c1-11(14-24-16(22)26-17(25-14)27(2)3)28(4)9-12-5-7-13(8-6-12)15(29)23-10-18(19,20)21/h5-8,11H,9-10H2,1-4H3,(H,23,29)(H2,22,24,25,26). The molecule has 1 heterocycles. The Morgan fingerprint density at radius 1 is 1.14 bits per heavy atom. The Labute approximate surface area is 166 Å². The Bertz CT molecular complexity index is 840. The van der Waals surface area contributed by atoms with E-state index in [0.717, 1.165) is 5.56 Å². The number of hydrogen-bond acceptors (Lipinski definition) is 7. The molecule has 0 aliphatic heterocycles. The fourth-order valence-electron chi connectivity index (χ4n) is 2.45. The molecule has 0 aliphatic rings. The zero-order valence-electron chi connectivity index (χ0n) is 16.7. The van der Waals surface area contributed by atoms with Crippen molar-refractivity contribution in [3.05, 3.63) is 41.2 Å². The SMILES string of the molecule is CC(c1nc(N)nc(N(C)C)n1)N(C)Cc1ccc(C(=O)NCC(F)(F)F)cc1. The van der Waals surface area contributed by atoms with Gasteiger partial charge in [-0.15, -0.1) is 0 Å². The van der Waals surface area contributed by atoms with Gasteiger partial charge in [0, 0.05) is 26.2 Å². The molecule has 1 unspecified atom stereocenters. The van der Waals surface area contributed by atoms with Crippen LogP contribution in [0.1, 0.15) is 34.7 Å². The number of benzene rings is 1. The lowest BCUT2D eigenvalue weighted by Gasteiger charge is -2.24. The number of nitrogens with zero attached hydrogens (tertiary/aromatic N) is 5. The number of nitrogens with two attached hydrogens (primary N) is 1. The average molecular weight is 411 g/mol. The summed E-state index contributed by atoms with van der Waals surface area (Å²) < 4.78 is 36.6. The third kappa shape index (κ3) is 6.56. The first-order valence-corrected chi connectivity index (χ1v) is 8.79. The van der Waals surface area contributed by atoms with Gasteiger partial charge in [-0.3, -0.25) is 9.69 Å². The predicted octanol–water partition coefficient (Wildman–Crippen LogP) is 2.00. The molecular weight excluding hydrogens is 387 g/mol. The van der Waals surface area contributed by atoms with E-state index in [1.165, 1.54) is 12.1 Å². The van der Waals surface area contributed by atoms with E-state index in [1.807, 2.05) is 24.2 Å². The molecule has 0 saturated heterocycles. The molecule has 3 N–H and O–H groups in total. The Balaban J connectivity index is 2.03. The Hall–Kier alpha value is -2.95. The highest BCUT2D eigenvalue weighted by atomic mass is 19.4. The number of hydrogen-bond donors (Lipinski definition) is 2. The lowest BCUT2D eigenvalue weighted by atomic mass is 10.1. The average Bonchev–Trinajstić information content (AvgIpc) is 2.64. The summed E-state index contributed by atoms with van der Waals surface area (Å²) in [6, 6.07) is 6.20. The maximum atomic E-state index is 12.2. The normalized spacial score (nSPS) is 12.7. The van der Waals surface area contributed by atoms with Gasteiger partial charge in [0.25, 0.3) is 5.91 Å².